The summed E-state index contributed by atoms with van der Waals surface area (Å²) < 4.78 is 0. The van der Waals surface area contributed by atoms with E-state index < -0.39 is 0 Å². The Kier molecular flexibility index (Phi) is 4.54. The van der Waals surface area contributed by atoms with Crippen LogP contribution in [0.15, 0.2) is 11.4 Å². The van der Waals surface area contributed by atoms with E-state index in [4.69, 9.17) is 0 Å². The molecule has 1 aliphatic rings. The van der Waals surface area contributed by atoms with Gasteiger partial charge in [0.2, 0.25) is 0 Å². The summed E-state index contributed by atoms with van der Waals surface area (Å²) in [5, 5.41) is 7.12. The number of aromatic nitrogens is 1. The largest absolute Gasteiger partial charge is 0.309 e. The monoisotopic (exact) mass is 306 g/mol. The average Bonchev–Trinajstić information content (AvgIpc) is 3.09. The zero-order chi connectivity index (χ0) is 13.9. The Bertz CT molecular complexity index is 549. The lowest BCUT2D eigenvalue weighted by Gasteiger charge is -2.16. The number of thiophene rings is 1. The van der Waals surface area contributed by atoms with Crippen LogP contribution in [0.25, 0.3) is 0 Å². The van der Waals surface area contributed by atoms with E-state index in [0.29, 0.717) is 6.04 Å². The molecule has 1 N–H and O–H groups in total. The van der Waals surface area contributed by atoms with Gasteiger partial charge < -0.3 is 5.32 Å². The molecule has 0 radical (unpaired) electrons. The van der Waals surface area contributed by atoms with Gasteiger partial charge in [0.25, 0.3) is 0 Å². The van der Waals surface area contributed by atoms with Gasteiger partial charge in [0.1, 0.15) is 0 Å². The standard InChI is InChI=1S/C16H22N2S2/c1-3-7-17-13(9-16-18-11(2)10-19-16)15-8-12-5-4-6-14(12)20-15/h8,10,13,17H,3-7,9H2,1-2H3. The molecule has 2 aromatic rings. The highest BCUT2D eigenvalue weighted by Crippen LogP contribution is 2.35. The molecule has 0 aromatic carbocycles. The quantitative estimate of drug-likeness (QED) is 0.861. The van der Waals surface area contributed by atoms with E-state index in [1.807, 2.05) is 11.3 Å². The lowest BCUT2D eigenvalue weighted by atomic mass is 10.1. The summed E-state index contributed by atoms with van der Waals surface area (Å²) in [5.74, 6) is 0. The summed E-state index contributed by atoms with van der Waals surface area (Å²) in [6.45, 7) is 5.39. The molecule has 2 heterocycles. The molecule has 0 aliphatic heterocycles. The molecule has 0 saturated heterocycles. The van der Waals surface area contributed by atoms with Crippen LogP contribution in [0.4, 0.5) is 0 Å². The number of nitrogens with zero attached hydrogens (tertiary/aromatic N) is 1. The Hall–Kier alpha value is -0.710. The fraction of sp³-hybridized carbons (Fsp3) is 0.562. The molecule has 0 saturated carbocycles. The number of aryl methyl sites for hydroxylation is 3. The van der Waals surface area contributed by atoms with Crippen molar-refractivity contribution in [2.75, 3.05) is 6.54 Å². The lowest BCUT2D eigenvalue weighted by molar-refractivity contribution is 0.535. The Morgan fingerprint density at radius 3 is 3.00 bits per heavy atom. The number of fused-ring (bicyclic) bond motifs is 1. The maximum atomic E-state index is 4.63. The fourth-order valence-electron chi connectivity index (χ4n) is 2.79. The molecule has 1 aliphatic carbocycles. The van der Waals surface area contributed by atoms with Crippen molar-refractivity contribution >= 4 is 22.7 Å². The number of rotatable bonds is 6. The van der Waals surface area contributed by atoms with Gasteiger partial charge in [-0.3, -0.25) is 0 Å². The summed E-state index contributed by atoms with van der Waals surface area (Å²) in [5.41, 5.74) is 2.75. The SMILES string of the molecule is CCCNC(Cc1nc(C)cs1)c1cc2c(s1)CCC2. The van der Waals surface area contributed by atoms with Crippen LogP contribution in [0.3, 0.4) is 0 Å². The molecule has 1 atom stereocenters. The molecular formula is C16H22N2S2. The third-order valence-electron chi connectivity index (χ3n) is 3.80. The van der Waals surface area contributed by atoms with Crippen molar-refractivity contribution in [3.05, 3.63) is 37.5 Å². The van der Waals surface area contributed by atoms with Crippen LogP contribution in [0.1, 0.15) is 51.8 Å². The predicted molar refractivity (Wildman–Crippen MR) is 87.9 cm³/mol. The van der Waals surface area contributed by atoms with Gasteiger partial charge in [0, 0.05) is 33.3 Å². The topological polar surface area (TPSA) is 24.9 Å². The first-order chi connectivity index (χ1) is 9.76. The van der Waals surface area contributed by atoms with Crippen LogP contribution < -0.4 is 5.32 Å². The Morgan fingerprint density at radius 1 is 1.40 bits per heavy atom. The highest BCUT2D eigenvalue weighted by molar-refractivity contribution is 7.12. The van der Waals surface area contributed by atoms with E-state index in [-0.39, 0.29) is 0 Å². The zero-order valence-corrected chi connectivity index (χ0v) is 13.9. The average molecular weight is 307 g/mol. The minimum Gasteiger partial charge on any atom is -0.309 e. The molecule has 3 rings (SSSR count). The summed E-state index contributed by atoms with van der Waals surface area (Å²) in [6, 6.07) is 2.89. The van der Waals surface area contributed by atoms with Crippen LogP contribution in [0.5, 0.6) is 0 Å². The molecule has 1 unspecified atom stereocenters. The first kappa shape index (κ1) is 14.2. The first-order valence-corrected chi connectivity index (χ1v) is 9.21. The third kappa shape index (κ3) is 3.13. The molecule has 0 amide bonds. The van der Waals surface area contributed by atoms with Crippen molar-refractivity contribution < 1.29 is 0 Å². The van der Waals surface area contributed by atoms with Gasteiger partial charge in [-0.05, 0) is 50.8 Å². The van der Waals surface area contributed by atoms with Crippen LogP contribution in [0.2, 0.25) is 0 Å². The van der Waals surface area contributed by atoms with Crippen molar-refractivity contribution in [2.45, 2.75) is 52.0 Å². The highest BCUT2D eigenvalue weighted by Gasteiger charge is 2.21. The van der Waals surface area contributed by atoms with E-state index in [1.165, 1.54) is 35.6 Å². The maximum Gasteiger partial charge on any atom is 0.0947 e. The molecule has 0 fully saturated rings. The van der Waals surface area contributed by atoms with E-state index in [2.05, 4.69) is 35.6 Å². The molecule has 0 spiro atoms. The maximum absolute atomic E-state index is 4.63. The Balaban J connectivity index is 1.77. The van der Waals surface area contributed by atoms with Crippen molar-refractivity contribution in [1.29, 1.82) is 0 Å². The van der Waals surface area contributed by atoms with Crippen LogP contribution in [-0.4, -0.2) is 11.5 Å². The minimum absolute atomic E-state index is 0.441. The van der Waals surface area contributed by atoms with E-state index in [0.717, 1.165) is 18.7 Å². The van der Waals surface area contributed by atoms with Crippen LogP contribution in [0, 0.1) is 6.92 Å². The van der Waals surface area contributed by atoms with E-state index in [9.17, 15) is 0 Å². The summed E-state index contributed by atoms with van der Waals surface area (Å²) in [7, 11) is 0. The highest BCUT2D eigenvalue weighted by atomic mass is 32.1. The molecule has 2 nitrogen and oxygen atoms in total. The molecule has 2 aromatic heterocycles. The fourth-order valence-corrected chi connectivity index (χ4v) is 4.94. The van der Waals surface area contributed by atoms with Crippen molar-refractivity contribution in [1.82, 2.24) is 10.3 Å². The summed E-state index contributed by atoms with van der Waals surface area (Å²) in [6.07, 6.45) is 6.12. The molecule has 108 valence electrons. The molecule has 20 heavy (non-hydrogen) atoms. The third-order valence-corrected chi connectivity index (χ3v) is 6.13. The van der Waals surface area contributed by atoms with Crippen LogP contribution in [-0.2, 0) is 19.3 Å². The van der Waals surface area contributed by atoms with Gasteiger partial charge in [0.05, 0.1) is 5.01 Å². The van der Waals surface area contributed by atoms with Gasteiger partial charge in [-0.2, -0.15) is 0 Å². The minimum atomic E-state index is 0.441. The van der Waals surface area contributed by atoms with Gasteiger partial charge >= 0.3 is 0 Å². The smallest absolute Gasteiger partial charge is 0.0947 e. The Morgan fingerprint density at radius 2 is 2.30 bits per heavy atom. The van der Waals surface area contributed by atoms with Gasteiger partial charge in [-0.15, -0.1) is 22.7 Å². The summed E-state index contributed by atoms with van der Waals surface area (Å²) >= 11 is 3.81. The molecular weight excluding hydrogens is 284 g/mol. The summed E-state index contributed by atoms with van der Waals surface area (Å²) in [4.78, 5) is 7.76. The van der Waals surface area contributed by atoms with Gasteiger partial charge in [0.15, 0.2) is 0 Å². The second kappa shape index (κ2) is 6.37. The van der Waals surface area contributed by atoms with Gasteiger partial charge in [-0.25, -0.2) is 4.98 Å². The second-order valence-electron chi connectivity index (χ2n) is 5.54. The second-order valence-corrected chi connectivity index (χ2v) is 7.66. The number of nitrogens with one attached hydrogen (secondary N) is 1. The Labute approximate surface area is 129 Å². The normalized spacial score (nSPS) is 15.5. The van der Waals surface area contributed by atoms with Crippen molar-refractivity contribution in [2.24, 2.45) is 0 Å². The lowest BCUT2D eigenvalue weighted by Crippen LogP contribution is -2.23. The number of thiazole rings is 1. The van der Waals surface area contributed by atoms with E-state index in [1.54, 1.807) is 21.8 Å². The zero-order valence-electron chi connectivity index (χ0n) is 12.2. The predicted octanol–water partition coefficient (Wildman–Crippen LogP) is 4.29. The van der Waals surface area contributed by atoms with Crippen molar-refractivity contribution in [3.63, 3.8) is 0 Å². The number of hydrogen-bond acceptors (Lipinski definition) is 4. The number of hydrogen-bond donors (Lipinski definition) is 1. The molecule has 4 heteroatoms. The van der Waals surface area contributed by atoms with Gasteiger partial charge in [-0.1, -0.05) is 6.92 Å². The first-order valence-electron chi connectivity index (χ1n) is 7.52. The van der Waals surface area contributed by atoms with Crippen LogP contribution >= 0.6 is 22.7 Å². The molecule has 0 bridgehead atoms. The van der Waals surface area contributed by atoms with Crippen molar-refractivity contribution in [3.8, 4) is 0 Å². The van der Waals surface area contributed by atoms with E-state index >= 15 is 0 Å².